The molecule has 102 valence electrons. The number of hydrogen-bond donors (Lipinski definition) is 1. The van der Waals surface area contributed by atoms with E-state index in [0.717, 1.165) is 19.5 Å². The van der Waals surface area contributed by atoms with Crippen LogP contribution in [0.3, 0.4) is 0 Å². The smallest absolute Gasteiger partial charge is 0.0950 e. The van der Waals surface area contributed by atoms with Crippen LogP contribution in [0.4, 0.5) is 0 Å². The molecule has 1 N–H and O–H groups in total. The molecule has 0 bridgehead atoms. The number of aromatic nitrogens is 2. The van der Waals surface area contributed by atoms with Gasteiger partial charge in [0.2, 0.25) is 0 Å². The number of thiophene rings is 1. The number of hydrogen-bond acceptors (Lipinski definition) is 3. The molecule has 1 aliphatic rings. The molecule has 2 aromatic heterocycles. The maximum absolute atomic E-state index is 4.39. The highest BCUT2D eigenvalue weighted by Gasteiger charge is 2.20. The lowest BCUT2D eigenvalue weighted by Gasteiger charge is -2.26. The summed E-state index contributed by atoms with van der Waals surface area (Å²) in [6, 6.07) is 4.84. The van der Waals surface area contributed by atoms with Gasteiger partial charge in [0, 0.05) is 41.7 Å². The lowest BCUT2D eigenvalue weighted by molar-refractivity contribution is 0.424. The summed E-state index contributed by atoms with van der Waals surface area (Å²) in [5, 5.41) is 5.65. The van der Waals surface area contributed by atoms with Crippen molar-refractivity contribution < 1.29 is 0 Å². The summed E-state index contributed by atoms with van der Waals surface area (Å²) in [7, 11) is 0. The number of imidazole rings is 1. The maximum Gasteiger partial charge on any atom is 0.0950 e. The first kappa shape index (κ1) is 12.9. The van der Waals surface area contributed by atoms with E-state index >= 15 is 0 Å². The predicted octanol–water partition coefficient (Wildman–Crippen LogP) is 3.22. The molecule has 4 heteroatoms. The summed E-state index contributed by atoms with van der Waals surface area (Å²) in [5.41, 5.74) is 1.40. The van der Waals surface area contributed by atoms with Gasteiger partial charge in [-0.1, -0.05) is 6.07 Å². The van der Waals surface area contributed by atoms with Gasteiger partial charge >= 0.3 is 0 Å². The van der Waals surface area contributed by atoms with Crippen LogP contribution in [0.15, 0.2) is 30.0 Å². The molecule has 0 radical (unpaired) electrons. The van der Waals surface area contributed by atoms with Crippen molar-refractivity contribution >= 4 is 11.3 Å². The fourth-order valence-corrected chi connectivity index (χ4v) is 3.75. The summed E-state index contributed by atoms with van der Waals surface area (Å²) < 4.78 is 2.37. The molecule has 0 spiro atoms. The van der Waals surface area contributed by atoms with Crippen molar-refractivity contribution in [1.82, 2.24) is 14.9 Å². The van der Waals surface area contributed by atoms with Gasteiger partial charge in [-0.3, -0.25) is 0 Å². The molecule has 0 saturated carbocycles. The Labute approximate surface area is 118 Å². The highest BCUT2D eigenvalue weighted by atomic mass is 32.1. The molecule has 1 saturated heterocycles. The van der Waals surface area contributed by atoms with E-state index in [4.69, 9.17) is 0 Å². The average Bonchev–Trinajstić information content (AvgIpc) is 3.10. The molecule has 0 amide bonds. The Morgan fingerprint density at radius 3 is 3.26 bits per heavy atom. The zero-order valence-corrected chi connectivity index (χ0v) is 12.2. The van der Waals surface area contributed by atoms with E-state index in [1.165, 1.54) is 23.4 Å². The standard InChI is InChI=1S/C15H21N3S/c1-12(8-14-5-3-7-19-14)18-11-17-10-15(18)13-4-2-6-16-9-13/h3,5,7,10-13,16H,2,4,6,8-9H2,1H3. The Bertz CT molecular complexity index is 497. The maximum atomic E-state index is 4.39. The monoisotopic (exact) mass is 275 g/mol. The van der Waals surface area contributed by atoms with E-state index in [1.54, 1.807) is 0 Å². The number of rotatable bonds is 4. The van der Waals surface area contributed by atoms with Gasteiger partial charge in [-0.15, -0.1) is 11.3 Å². The fourth-order valence-electron chi connectivity index (χ4n) is 2.92. The lowest BCUT2D eigenvalue weighted by atomic mass is 9.96. The molecule has 19 heavy (non-hydrogen) atoms. The second-order valence-corrected chi connectivity index (χ2v) is 6.43. The van der Waals surface area contributed by atoms with Crippen molar-refractivity contribution in [3.05, 3.63) is 40.6 Å². The van der Waals surface area contributed by atoms with Crippen molar-refractivity contribution in [3.63, 3.8) is 0 Å². The Hall–Kier alpha value is -1.13. The van der Waals surface area contributed by atoms with Gasteiger partial charge in [-0.05, 0) is 37.8 Å². The quantitative estimate of drug-likeness (QED) is 0.928. The summed E-state index contributed by atoms with van der Waals surface area (Å²) in [6.45, 7) is 4.55. The first-order valence-electron chi connectivity index (χ1n) is 7.09. The average molecular weight is 275 g/mol. The first-order chi connectivity index (χ1) is 9.34. The highest BCUT2D eigenvalue weighted by molar-refractivity contribution is 7.09. The lowest BCUT2D eigenvalue weighted by Crippen LogP contribution is -2.30. The van der Waals surface area contributed by atoms with Crippen LogP contribution in [0.2, 0.25) is 0 Å². The molecule has 2 aromatic rings. The molecule has 3 heterocycles. The van der Waals surface area contributed by atoms with Gasteiger partial charge < -0.3 is 9.88 Å². The van der Waals surface area contributed by atoms with Crippen molar-refractivity contribution in [2.24, 2.45) is 0 Å². The van der Waals surface area contributed by atoms with Crippen molar-refractivity contribution in [2.45, 2.75) is 38.1 Å². The Morgan fingerprint density at radius 1 is 1.58 bits per heavy atom. The van der Waals surface area contributed by atoms with E-state index in [0.29, 0.717) is 12.0 Å². The van der Waals surface area contributed by atoms with Crippen LogP contribution < -0.4 is 5.32 Å². The second-order valence-electron chi connectivity index (χ2n) is 5.40. The third-order valence-electron chi connectivity index (χ3n) is 3.96. The van der Waals surface area contributed by atoms with Gasteiger partial charge in [0.05, 0.1) is 6.33 Å². The first-order valence-corrected chi connectivity index (χ1v) is 7.97. The van der Waals surface area contributed by atoms with Gasteiger partial charge in [-0.25, -0.2) is 4.98 Å². The predicted molar refractivity (Wildman–Crippen MR) is 79.8 cm³/mol. The van der Waals surface area contributed by atoms with E-state index in [9.17, 15) is 0 Å². The molecule has 2 atom stereocenters. The molecular weight excluding hydrogens is 254 g/mol. The largest absolute Gasteiger partial charge is 0.331 e. The van der Waals surface area contributed by atoms with Gasteiger partial charge in [0.15, 0.2) is 0 Å². The normalized spacial score (nSPS) is 21.4. The van der Waals surface area contributed by atoms with Crippen molar-refractivity contribution in [1.29, 1.82) is 0 Å². The van der Waals surface area contributed by atoms with E-state index in [-0.39, 0.29) is 0 Å². The van der Waals surface area contributed by atoms with Crippen LogP contribution in [0.1, 0.15) is 42.3 Å². The van der Waals surface area contributed by atoms with Crippen LogP contribution in [0, 0.1) is 0 Å². The summed E-state index contributed by atoms with van der Waals surface area (Å²) in [6.07, 6.45) is 7.71. The minimum Gasteiger partial charge on any atom is -0.331 e. The molecule has 1 fully saturated rings. The van der Waals surface area contributed by atoms with Gasteiger partial charge in [0.25, 0.3) is 0 Å². The zero-order chi connectivity index (χ0) is 13.1. The molecule has 2 unspecified atom stereocenters. The number of nitrogens with one attached hydrogen (secondary N) is 1. The molecule has 1 aliphatic heterocycles. The van der Waals surface area contributed by atoms with Crippen molar-refractivity contribution in [2.75, 3.05) is 13.1 Å². The van der Waals surface area contributed by atoms with Crippen LogP contribution in [-0.2, 0) is 6.42 Å². The SMILES string of the molecule is CC(Cc1cccs1)n1cncc1C1CCCNC1. The van der Waals surface area contributed by atoms with Crippen LogP contribution >= 0.6 is 11.3 Å². The minimum absolute atomic E-state index is 0.484. The van der Waals surface area contributed by atoms with Gasteiger partial charge in [-0.2, -0.15) is 0 Å². The third kappa shape index (κ3) is 2.90. The number of piperidine rings is 1. The molecule has 3 rings (SSSR count). The fraction of sp³-hybridized carbons (Fsp3) is 0.533. The molecule has 0 aliphatic carbocycles. The van der Waals surface area contributed by atoms with Gasteiger partial charge in [0.1, 0.15) is 0 Å². The topological polar surface area (TPSA) is 29.9 Å². The zero-order valence-electron chi connectivity index (χ0n) is 11.4. The summed E-state index contributed by atoms with van der Waals surface area (Å²) >= 11 is 1.84. The molecule has 0 aromatic carbocycles. The number of nitrogens with zero attached hydrogens (tertiary/aromatic N) is 2. The highest BCUT2D eigenvalue weighted by Crippen LogP contribution is 2.27. The molecular formula is C15H21N3S. The second kappa shape index (κ2) is 5.88. The van der Waals surface area contributed by atoms with Crippen LogP contribution in [-0.4, -0.2) is 22.6 Å². The summed E-state index contributed by atoms with van der Waals surface area (Å²) in [4.78, 5) is 5.84. The van der Waals surface area contributed by atoms with E-state index < -0.39 is 0 Å². The Kier molecular flexibility index (Phi) is 3.99. The molecule has 3 nitrogen and oxygen atoms in total. The third-order valence-corrected chi connectivity index (χ3v) is 4.86. The van der Waals surface area contributed by atoms with Crippen molar-refractivity contribution in [3.8, 4) is 0 Å². The van der Waals surface area contributed by atoms with E-state index in [2.05, 4.69) is 45.5 Å². The van der Waals surface area contributed by atoms with Crippen LogP contribution in [0.25, 0.3) is 0 Å². The van der Waals surface area contributed by atoms with Crippen LogP contribution in [0.5, 0.6) is 0 Å². The van der Waals surface area contributed by atoms with E-state index in [1.807, 2.05) is 17.7 Å². The summed E-state index contributed by atoms with van der Waals surface area (Å²) in [5.74, 6) is 0.627. The Balaban J connectivity index is 1.75. The Morgan fingerprint density at radius 2 is 2.53 bits per heavy atom. The minimum atomic E-state index is 0.484.